The molecule has 6 heteroatoms. The van der Waals surface area contributed by atoms with Crippen LogP contribution in [0.1, 0.15) is 26.6 Å². The largest absolute Gasteiger partial charge is 0.478 e. The molecule has 0 aliphatic rings. The molecular formula is C16H13NO4S. The van der Waals surface area contributed by atoms with E-state index in [1.807, 2.05) is 24.3 Å². The van der Waals surface area contributed by atoms with E-state index in [1.54, 1.807) is 17.5 Å². The zero-order valence-corrected chi connectivity index (χ0v) is 12.5. The number of thiazole rings is 1. The highest BCUT2D eigenvalue weighted by Crippen LogP contribution is 2.15. The molecule has 0 aliphatic carbocycles. The van der Waals surface area contributed by atoms with Crippen LogP contribution in [0.4, 0.5) is 0 Å². The monoisotopic (exact) mass is 315 g/mol. The van der Waals surface area contributed by atoms with Crippen LogP contribution in [0.3, 0.4) is 0 Å². The summed E-state index contributed by atoms with van der Waals surface area (Å²) < 4.78 is 4.63. The highest BCUT2D eigenvalue weighted by Gasteiger charge is 2.03. The average Bonchev–Trinajstić information content (AvgIpc) is 2.98. The topological polar surface area (TPSA) is 76.5 Å². The first-order chi connectivity index (χ1) is 10.6. The molecule has 0 saturated carbocycles. The van der Waals surface area contributed by atoms with Crippen molar-refractivity contribution in [3.8, 4) is 0 Å². The minimum absolute atomic E-state index is 0.370. The zero-order valence-electron chi connectivity index (χ0n) is 11.7. The van der Waals surface area contributed by atoms with Crippen LogP contribution in [0.15, 0.2) is 35.7 Å². The van der Waals surface area contributed by atoms with Gasteiger partial charge in [0.15, 0.2) is 0 Å². The van der Waals surface area contributed by atoms with Crippen molar-refractivity contribution in [2.45, 2.75) is 0 Å². The number of rotatable bonds is 5. The molecule has 0 saturated heterocycles. The predicted octanol–water partition coefficient (Wildman–Crippen LogP) is 3.20. The van der Waals surface area contributed by atoms with Crippen molar-refractivity contribution in [2.75, 3.05) is 7.11 Å². The van der Waals surface area contributed by atoms with Crippen LogP contribution in [0.5, 0.6) is 0 Å². The molecule has 2 rings (SSSR count). The number of methoxy groups -OCH3 is 1. The molecule has 0 unspecified atom stereocenters. The number of aromatic nitrogens is 1. The second-order valence-corrected chi connectivity index (χ2v) is 5.12. The minimum atomic E-state index is -1.00. The van der Waals surface area contributed by atoms with Crippen molar-refractivity contribution in [2.24, 2.45) is 0 Å². The van der Waals surface area contributed by atoms with Crippen LogP contribution in [-0.2, 0) is 9.53 Å². The first-order valence-corrected chi connectivity index (χ1v) is 7.19. The Morgan fingerprint density at radius 2 is 1.91 bits per heavy atom. The SMILES string of the molecule is COC(=O)c1ccc(C=Cc2nc(C=CC(=O)O)cs2)cc1. The van der Waals surface area contributed by atoms with Gasteiger partial charge in [0.25, 0.3) is 0 Å². The van der Waals surface area contributed by atoms with E-state index in [1.165, 1.54) is 24.5 Å². The van der Waals surface area contributed by atoms with Gasteiger partial charge in [0.05, 0.1) is 18.4 Å². The molecule has 1 aromatic carbocycles. The molecular weight excluding hydrogens is 302 g/mol. The Balaban J connectivity index is 2.05. The summed E-state index contributed by atoms with van der Waals surface area (Å²) in [5, 5.41) is 11.1. The molecule has 1 aromatic heterocycles. The molecule has 5 nitrogen and oxygen atoms in total. The average molecular weight is 315 g/mol. The summed E-state index contributed by atoms with van der Waals surface area (Å²) in [5.74, 6) is -1.37. The number of carbonyl (C=O) groups excluding carboxylic acids is 1. The lowest BCUT2D eigenvalue weighted by molar-refractivity contribution is -0.131. The maximum atomic E-state index is 11.3. The standard InChI is InChI=1S/C16H13NO4S/c1-21-16(20)12-5-2-11(3-6-12)4-8-14-17-13(10-22-14)7-9-15(18)19/h2-10H,1H3,(H,18,19). The molecule has 0 atom stereocenters. The smallest absolute Gasteiger partial charge is 0.337 e. The summed E-state index contributed by atoms with van der Waals surface area (Å²) >= 11 is 1.42. The normalized spacial score (nSPS) is 11.1. The molecule has 0 amide bonds. The van der Waals surface area contributed by atoms with Gasteiger partial charge in [-0.2, -0.15) is 0 Å². The number of esters is 1. The van der Waals surface area contributed by atoms with Gasteiger partial charge in [-0.05, 0) is 29.8 Å². The number of hydrogen-bond donors (Lipinski definition) is 1. The Kier molecular flexibility index (Phi) is 5.21. The predicted molar refractivity (Wildman–Crippen MR) is 85.5 cm³/mol. The number of carboxylic acid groups (broad SMARTS) is 1. The number of ether oxygens (including phenoxy) is 1. The van der Waals surface area contributed by atoms with E-state index >= 15 is 0 Å². The highest BCUT2D eigenvalue weighted by atomic mass is 32.1. The lowest BCUT2D eigenvalue weighted by Gasteiger charge is -1.98. The van der Waals surface area contributed by atoms with Crippen molar-refractivity contribution >= 4 is 41.5 Å². The van der Waals surface area contributed by atoms with Crippen molar-refractivity contribution in [1.82, 2.24) is 4.98 Å². The van der Waals surface area contributed by atoms with Crippen LogP contribution in [0.2, 0.25) is 0 Å². The Labute approximate surface area is 131 Å². The molecule has 112 valence electrons. The number of aliphatic carboxylic acids is 1. The fraction of sp³-hybridized carbons (Fsp3) is 0.0625. The lowest BCUT2D eigenvalue weighted by Crippen LogP contribution is -2.00. The van der Waals surface area contributed by atoms with Crippen molar-refractivity contribution in [1.29, 1.82) is 0 Å². The summed E-state index contributed by atoms with van der Waals surface area (Å²) in [6, 6.07) is 6.99. The van der Waals surface area contributed by atoms with Crippen molar-refractivity contribution < 1.29 is 19.4 Å². The quantitative estimate of drug-likeness (QED) is 0.677. The van der Waals surface area contributed by atoms with E-state index in [-0.39, 0.29) is 5.97 Å². The third kappa shape index (κ3) is 4.39. The van der Waals surface area contributed by atoms with Crippen LogP contribution >= 0.6 is 11.3 Å². The maximum absolute atomic E-state index is 11.3. The fourth-order valence-electron chi connectivity index (χ4n) is 1.63. The van der Waals surface area contributed by atoms with E-state index in [2.05, 4.69) is 9.72 Å². The summed E-state index contributed by atoms with van der Waals surface area (Å²) in [6.45, 7) is 0. The second kappa shape index (κ2) is 7.33. The Bertz CT molecular complexity index is 729. The molecule has 1 N–H and O–H groups in total. The molecule has 0 spiro atoms. The van der Waals surface area contributed by atoms with Crippen LogP contribution in [0.25, 0.3) is 18.2 Å². The second-order valence-electron chi connectivity index (χ2n) is 4.23. The van der Waals surface area contributed by atoms with Crippen molar-refractivity contribution in [3.05, 3.63) is 57.6 Å². The van der Waals surface area contributed by atoms with Gasteiger partial charge in [0.2, 0.25) is 0 Å². The van der Waals surface area contributed by atoms with E-state index < -0.39 is 5.97 Å². The summed E-state index contributed by atoms with van der Waals surface area (Å²) in [7, 11) is 1.34. The van der Waals surface area contributed by atoms with Gasteiger partial charge >= 0.3 is 11.9 Å². The van der Waals surface area contributed by atoms with Gasteiger partial charge in [-0.1, -0.05) is 18.2 Å². The van der Waals surface area contributed by atoms with E-state index in [4.69, 9.17) is 5.11 Å². The highest BCUT2D eigenvalue weighted by molar-refractivity contribution is 7.10. The van der Waals surface area contributed by atoms with Gasteiger partial charge < -0.3 is 9.84 Å². The van der Waals surface area contributed by atoms with Crippen LogP contribution in [0, 0.1) is 0 Å². The lowest BCUT2D eigenvalue weighted by atomic mass is 10.1. The first-order valence-electron chi connectivity index (χ1n) is 6.31. The van der Waals surface area contributed by atoms with Gasteiger partial charge in [0.1, 0.15) is 5.01 Å². The van der Waals surface area contributed by atoms with E-state index in [0.717, 1.165) is 16.6 Å². The van der Waals surface area contributed by atoms with Gasteiger partial charge in [-0.25, -0.2) is 14.6 Å². The summed E-state index contributed by atoms with van der Waals surface area (Å²) in [5.41, 5.74) is 2.02. The number of nitrogens with zero attached hydrogens (tertiary/aromatic N) is 1. The van der Waals surface area contributed by atoms with Crippen molar-refractivity contribution in [3.63, 3.8) is 0 Å². The Hall–Kier alpha value is -2.73. The number of carbonyl (C=O) groups is 2. The van der Waals surface area contributed by atoms with E-state index in [9.17, 15) is 9.59 Å². The van der Waals surface area contributed by atoms with Gasteiger partial charge in [-0.15, -0.1) is 11.3 Å². The van der Waals surface area contributed by atoms with Crippen LogP contribution in [-0.4, -0.2) is 29.1 Å². The summed E-state index contributed by atoms with van der Waals surface area (Å²) in [4.78, 5) is 26.0. The third-order valence-electron chi connectivity index (χ3n) is 2.69. The molecule has 22 heavy (non-hydrogen) atoms. The maximum Gasteiger partial charge on any atom is 0.337 e. The number of carboxylic acids is 1. The Morgan fingerprint density at radius 3 is 2.55 bits per heavy atom. The number of hydrogen-bond acceptors (Lipinski definition) is 5. The molecule has 2 aromatic rings. The zero-order chi connectivity index (χ0) is 15.9. The molecule has 0 radical (unpaired) electrons. The molecule has 1 heterocycles. The van der Waals surface area contributed by atoms with Gasteiger partial charge in [0, 0.05) is 11.5 Å². The fourth-order valence-corrected chi connectivity index (χ4v) is 2.30. The number of benzene rings is 1. The molecule has 0 fully saturated rings. The molecule has 0 aliphatic heterocycles. The Morgan fingerprint density at radius 1 is 1.18 bits per heavy atom. The van der Waals surface area contributed by atoms with Crippen LogP contribution < -0.4 is 0 Å². The minimum Gasteiger partial charge on any atom is -0.478 e. The first kappa shape index (κ1) is 15.7. The molecule has 0 bridgehead atoms. The summed E-state index contributed by atoms with van der Waals surface area (Å²) in [6.07, 6.45) is 6.19. The van der Waals surface area contributed by atoms with Gasteiger partial charge in [-0.3, -0.25) is 0 Å². The van der Waals surface area contributed by atoms with E-state index in [0.29, 0.717) is 11.3 Å². The third-order valence-corrected chi connectivity index (χ3v) is 3.51.